The number of hydrogen-bond donors (Lipinski definition) is 1. The summed E-state index contributed by atoms with van der Waals surface area (Å²) < 4.78 is 0. The first-order valence-corrected chi connectivity index (χ1v) is 9.80. The average molecular weight is 456 g/mol. The molecule has 1 aromatic carbocycles. The first kappa shape index (κ1) is 16.3. The van der Waals surface area contributed by atoms with Gasteiger partial charge in [0.05, 0.1) is 11.8 Å². The van der Waals surface area contributed by atoms with Crippen LogP contribution in [-0.4, -0.2) is 38.8 Å². The van der Waals surface area contributed by atoms with Gasteiger partial charge in [-0.3, -0.25) is 19.3 Å². The van der Waals surface area contributed by atoms with Crippen molar-refractivity contribution in [2.45, 2.75) is 16.1 Å². The predicted molar refractivity (Wildman–Crippen MR) is 95.8 cm³/mol. The van der Waals surface area contributed by atoms with E-state index in [9.17, 15) is 14.4 Å². The van der Waals surface area contributed by atoms with Crippen LogP contribution < -0.4 is 5.32 Å². The molecule has 2 aliphatic carbocycles. The smallest absolute Gasteiger partial charge is 0.244 e. The molecule has 1 N–H and O–H groups in total. The van der Waals surface area contributed by atoms with Gasteiger partial charge in [0.15, 0.2) is 0 Å². The highest BCUT2D eigenvalue weighted by molar-refractivity contribution is 9.12. The summed E-state index contributed by atoms with van der Waals surface area (Å²) in [5, 5.41) is 2.73. The minimum absolute atomic E-state index is 0.169. The molecule has 7 heteroatoms. The molecular weight excluding hydrogens is 440 g/mol. The molecule has 3 fully saturated rings. The number of imide groups is 1. The molecule has 0 spiro atoms. The topological polar surface area (TPSA) is 66.5 Å². The monoisotopic (exact) mass is 454 g/mol. The minimum atomic E-state index is -0.346. The highest BCUT2D eigenvalue weighted by Crippen LogP contribution is 2.60. The van der Waals surface area contributed by atoms with Gasteiger partial charge in [0, 0.05) is 15.3 Å². The molecule has 1 aliphatic heterocycles. The first-order valence-electron chi connectivity index (χ1n) is 7.97. The SMILES string of the molecule is O=C(CN1C(=O)[C@@H]2[C@H]3C[C@@H]([C@@H](Br)[C@H]3Br)[C@H]2C1=O)Nc1ccccc1. The second-order valence-electron chi connectivity index (χ2n) is 6.68. The third-order valence-corrected chi connectivity index (χ3v) is 8.64. The lowest BCUT2D eigenvalue weighted by Crippen LogP contribution is -2.39. The number of fused-ring (bicyclic) bond motifs is 5. The third-order valence-electron chi connectivity index (χ3n) is 5.44. The lowest BCUT2D eigenvalue weighted by atomic mass is 9.81. The maximum atomic E-state index is 12.7. The summed E-state index contributed by atoms with van der Waals surface area (Å²) in [7, 11) is 0. The van der Waals surface area contributed by atoms with Crippen molar-refractivity contribution in [3.63, 3.8) is 0 Å². The van der Waals surface area contributed by atoms with Crippen LogP contribution in [0.1, 0.15) is 6.42 Å². The van der Waals surface area contributed by atoms with Gasteiger partial charge in [-0.25, -0.2) is 0 Å². The second-order valence-corrected chi connectivity index (χ2v) is 8.80. The third kappa shape index (κ3) is 2.36. The molecule has 126 valence electrons. The van der Waals surface area contributed by atoms with Crippen molar-refractivity contribution in [1.29, 1.82) is 0 Å². The number of para-hydroxylation sites is 1. The molecule has 0 aromatic heterocycles. The molecule has 2 bridgehead atoms. The van der Waals surface area contributed by atoms with Gasteiger partial charge in [-0.05, 0) is 30.4 Å². The standard InChI is InChI=1S/C17H16Br2N2O3/c18-14-9-6-10(15(14)19)13-12(9)16(23)21(17(13)24)7-11(22)20-8-4-2-1-3-5-8/h1-5,9-10,12-15H,6-7H2,(H,20,22)/t9-,10-,12-,13-,14-,15+/m1/s1. The number of hydrogen-bond acceptors (Lipinski definition) is 3. The Kier molecular flexibility index (Phi) is 4.03. The molecule has 3 aliphatic rings. The largest absolute Gasteiger partial charge is 0.325 e. The van der Waals surface area contributed by atoms with Crippen LogP contribution in [0.25, 0.3) is 0 Å². The molecule has 6 atom stereocenters. The van der Waals surface area contributed by atoms with Crippen molar-refractivity contribution in [2.24, 2.45) is 23.7 Å². The summed E-state index contributed by atoms with van der Waals surface area (Å²) >= 11 is 7.30. The van der Waals surface area contributed by atoms with E-state index >= 15 is 0 Å². The van der Waals surface area contributed by atoms with Gasteiger partial charge in [0.1, 0.15) is 6.54 Å². The van der Waals surface area contributed by atoms with E-state index in [1.165, 1.54) is 0 Å². The van der Waals surface area contributed by atoms with Gasteiger partial charge in [0.2, 0.25) is 17.7 Å². The van der Waals surface area contributed by atoms with Crippen LogP contribution in [0.5, 0.6) is 0 Å². The van der Waals surface area contributed by atoms with Gasteiger partial charge >= 0.3 is 0 Å². The van der Waals surface area contributed by atoms with Crippen molar-refractivity contribution in [3.05, 3.63) is 30.3 Å². The number of nitrogens with zero attached hydrogens (tertiary/aromatic N) is 1. The van der Waals surface area contributed by atoms with Gasteiger partial charge in [-0.1, -0.05) is 50.1 Å². The Morgan fingerprint density at radius 1 is 1.04 bits per heavy atom. The summed E-state index contributed by atoms with van der Waals surface area (Å²) in [5.74, 6) is -0.934. The quantitative estimate of drug-likeness (QED) is 0.562. The lowest BCUT2D eigenvalue weighted by Gasteiger charge is -2.28. The van der Waals surface area contributed by atoms with Gasteiger partial charge in [0.25, 0.3) is 0 Å². The normalized spacial score (nSPS) is 37.0. The van der Waals surface area contributed by atoms with Crippen molar-refractivity contribution in [2.75, 3.05) is 11.9 Å². The fourth-order valence-corrected chi connectivity index (χ4v) is 6.31. The van der Waals surface area contributed by atoms with E-state index in [4.69, 9.17) is 0 Å². The summed E-state index contributed by atoms with van der Waals surface area (Å²) in [5.41, 5.74) is 0.655. The fraction of sp³-hybridized carbons (Fsp3) is 0.471. The van der Waals surface area contributed by atoms with Crippen LogP contribution in [0, 0.1) is 23.7 Å². The molecule has 3 amide bonds. The van der Waals surface area contributed by atoms with Crippen LogP contribution >= 0.6 is 31.9 Å². The van der Waals surface area contributed by atoms with Gasteiger partial charge in [-0.15, -0.1) is 0 Å². The molecule has 2 saturated carbocycles. The molecule has 1 heterocycles. The Hall–Kier alpha value is -1.21. The van der Waals surface area contributed by atoms with Crippen LogP contribution in [0.4, 0.5) is 5.69 Å². The van der Waals surface area contributed by atoms with E-state index in [1.807, 2.05) is 18.2 Å². The molecule has 0 unspecified atom stereocenters. The maximum absolute atomic E-state index is 12.7. The highest BCUT2D eigenvalue weighted by atomic mass is 79.9. The van der Waals surface area contributed by atoms with Crippen molar-refractivity contribution in [3.8, 4) is 0 Å². The predicted octanol–water partition coefficient (Wildman–Crippen LogP) is 2.40. The van der Waals surface area contributed by atoms with Crippen LogP contribution in [0.2, 0.25) is 0 Å². The summed E-state index contributed by atoms with van der Waals surface area (Å²) in [4.78, 5) is 39.2. The number of anilines is 1. The van der Waals surface area contributed by atoms with E-state index in [0.717, 1.165) is 11.3 Å². The number of benzene rings is 1. The van der Waals surface area contributed by atoms with Gasteiger partial charge < -0.3 is 5.32 Å². The van der Waals surface area contributed by atoms with Crippen LogP contribution in [-0.2, 0) is 14.4 Å². The second kappa shape index (κ2) is 5.95. The number of halogens is 2. The summed E-state index contributed by atoms with van der Waals surface area (Å²) in [6, 6.07) is 9.02. The molecule has 1 saturated heterocycles. The number of carbonyl (C=O) groups is 3. The van der Waals surface area contributed by atoms with Crippen molar-refractivity contribution in [1.82, 2.24) is 4.90 Å². The molecule has 4 rings (SSSR count). The minimum Gasteiger partial charge on any atom is -0.325 e. The number of nitrogens with one attached hydrogen (secondary N) is 1. The first-order chi connectivity index (χ1) is 11.5. The molecular formula is C17H16Br2N2O3. The van der Waals surface area contributed by atoms with E-state index in [-0.39, 0.29) is 57.6 Å². The number of carbonyl (C=O) groups excluding carboxylic acids is 3. The molecule has 0 radical (unpaired) electrons. The van der Waals surface area contributed by atoms with E-state index in [2.05, 4.69) is 37.2 Å². The van der Waals surface area contributed by atoms with E-state index < -0.39 is 0 Å². The molecule has 5 nitrogen and oxygen atoms in total. The van der Waals surface area contributed by atoms with E-state index in [1.54, 1.807) is 12.1 Å². The van der Waals surface area contributed by atoms with E-state index in [0.29, 0.717) is 5.69 Å². The Bertz CT molecular complexity index is 679. The number of amides is 3. The average Bonchev–Trinajstić information content (AvgIpc) is 3.16. The highest BCUT2D eigenvalue weighted by Gasteiger charge is 2.66. The van der Waals surface area contributed by atoms with Crippen molar-refractivity contribution >= 4 is 55.3 Å². The zero-order valence-electron chi connectivity index (χ0n) is 12.7. The molecule has 24 heavy (non-hydrogen) atoms. The lowest BCUT2D eigenvalue weighted by molar-refractivity contribution is -0.143. The van der Waals surface area contributed by atoms with Crippen molar-refractivity contribution < 1.29 is 14.4 Å². The van der Waals surface area contributed by atoms with Crippen LogP contribution in [0.15, 0.2) is 30.3 Å². The maximum Gasteiger partial charge on any atom is 0.244 e. The Morgan fingerprint density at radius 2 is 1.58 bits per heavy atom. The molecule has 1 aromatic rings. The number of likely N-dealkylation sites (tertiary alicyclic amines) is 1. The number of alkyl halides is 2. The Morgan fingerprint density at radius 3 is 2.12 bits per heavy atom. The van der Waals surface area contributed by atoms with Crippen LogP contribution in [0.3, 0.4) is 0 Å². The Balaban J connectivity index is 1.49. The summed E-state index contributed by atoms with van der Waals surface area (Å²) in [6.07, 6.45) is 0.892. The number of rotatable bonds is 3. The zero-order chi connectivity index (χ0) is 17.0. The summed E-state index contributed by atoms with van der Waals surface area (Å²) in [6.45, 7) is -0.209. The Labute approximate surface area is 156 Å². The van der Waals surface area contributed by atoms with Gasteiger partial charge in [-0.2, -0.15) is 0 Å². The zero-order valence-corrected chi connectivity index (χ0v) is 15.9. The fourth-order valence-electron chi connectivity index (χ4n) is 4.43.